The molecular weight excluding hydrogens is 240 g/mol. The Bertz CT molecular complexity index is 478. The number of nitrogens with zero attached hydrogens (tertiary/aromatic N) is 3. The third-order valence-electron chi connectivity index (χ3n) is 3.74. The molecule has 5 heteroatoms. The van der Waals surface area contributed by atoms with E-state index in [9.17, 15) is 4.79 Å². The molecular formula is C14H20N4O. The molecule has 102 valence electrons. The van der Waals surface area contributed by atoms with Gasteiger partial charge in [-0.25, -0.2) is 9.97 Å². The van der Waals surface area contributed by atoms with E-state index in [1.165, 1.54) is 0 Å². The van der Waals surface area contributed by atoms with Crippen LogP contribution >= 0.6 is 0 Å². The van der Waals surface area contributed by atoms with Gasteiger partial charge in [-0.15, -0.1) is 0 Å². The first-order valence-electron chi connectivity index (χ1n) is 6.99. The summed E-state index contributed by atoms with van der Waals surface area (Å²) in [5.74, 6) is 1.05. The van der Waals surface area contributed by atoms with Gasteiger partial charge in [-0.3, -0.25) is 4.79 Å². The van der Waals surface area contributed by atoms with Crippen LogP contribution in [0.25, 0.3) is 0 Å². The zero-order valence-electron chi connectivity index (χ0n) is 11.5. The molecule has 0 aromatic carbocycles. The molecule has 0 radical (unpaired) electrons. The van der Waals surface area contributed by atoms with Crippen molar-refractivity contribution in [1.82, 2.24) is 15.3 Å². The molecule has 1 aliphatic carbocycles. The molecule has 2 fully saturated rings. The SMILES string of the molecule is Cc1cc(C)nc(N2CCC(C(=O)NC3CC3)C2)n1. The summed E-state index contributed by atoms with van der Waals surface area (Å²) in [6.07, 6.45) is 3.18. The van der Waals surface area contributed by atoms with Gasteiger partial charge >= 0.3 is 0 Å². The first kappa shape index (κ1) is 12.4. The Morgan fingerprint density at radius 2 is 1.95 bits per heavy atom. The fraction of sp³-hybridized carbons (Fsp3) is 0.643. The lowest BCUT2D eigenvalue weighted by Crippen LogP contribution is -2.34. The van der Waals surface area contributed by atoms with Gasteiger partial charge in [-0.05, 0) is 39.2 Å². The van der Waals surface area contributed by atoms with Crippen LogP contribution in [0.2, 0.25) is 0 Å². The highest BCUT2D eigenvalue weighted by Gasteiger charge is 2.33. The minimum Gasteiger partial charge on any atom is -0.353 e. The highest BCUT2D eigenvalue weighted by atomic mass is 16.2. The second kappa shape index (κ2) is 4.79. The van der Waals surface area contributed by atoms with Gasteiger partial charge < -0.3 is 10.2 Å². The molecule has 1 aromatic rings. The van der Waals surface area contributed by atoms with Crippen LogP contribution < -0.4 is 10.2 Å². The molecule has 1 atom stereocenters. The molecule has 1 saturated heterocycles. The van der Waals surface area contributed by atoms with Crippen molar-refractivity contribution in [2.45, 2.75) is 39.2 Å². The lowest BCUT2D eigenvalue weighted by molar-refractivity contribution is -0.124. The maximum absolute atomic E-state index is 12.0. The van der Waals surface area contributed by atoms with Crippen LogP contribution in [0.15, 0.2) is 6.07 Å². The Balaban J connectivity index is 1.65. The van der Waals surface area contributed by atoms with Gasteiger partial charge in [0.05, 0.1) is 5.92 Å². The van der Waals surface area contributed by atoms with E-state index < -0.39 is 0 Å². The Morgan fingerprint density at radius 3 is 2.58 bits per heavy atom. The number of carbonyl (C=O) groups is 1. The second-order valence-electron chi connectivity index (χ2n) is 5.67. The van der Waals surface area contributed by atoms with E-state index in [1.54, 1.807) is 0 Å². The molecule has 1 unspecified atom stereocenters. The summed E-state index contributed by atoms with van der Waals surface area (Å²) < 4.78 is 0. The molecule has 1 saturated carbocycles. The summed E-state index contributed by atoms with van der Waals surface area (Å²) in [5.41, 5.74) is 1.96. The normalized spacial score (nSPS) is 22.6. The van der Waals surface area contributed by atoms with Gasteiger partial charge in [-0.1, -0.05) is 0 Å². The van der Waals surface area contributed by atoms with Crippen LogP contribution in [0.5, 0.6) is 0 Å². The molecule has 0 spiro atoms. The van der Waals surface area contributed by atoms with Gasteiger partial charge in [0.2, 0.25) is 11.9 Å². The van der Waals surface area contributed by atoms with Crippen molar-refractivity contribution in [1.29, 1.82) is 0 Å². The number of anilines is 1. The number of rotatable bonds is 3. The van der Waals surface area contributed by atoms with Crippen LogP contribution in [0.4, 0.5) is 5.95 Å². The number of carbonyl (C=O) groups excluding carboxylic acids is 1. The van der Waals surface area contributed by atoms with Gasteiger partial charge in [0.25, 0.3) is 0 Å². The first-order chi connectivity index (χ1) is 9.11. The number of nitrogens with one attached hydrogen (secondary N) is 1. The fourth-order valence-corrected chi connectivity index (χ4v) is 2.55. The van der Waals surface area contributed by atoms with Crippen LogP contribution in [0, 0.1) is 19.8 Å². The van der Waals surface area contributed by atoms with Crippen LogP contribution in [0.3, 0.4) is 0 Å². The highest BCUT2D eigenvalue weighted by Crippen LogP contribution is 2.24. The molecule has 1 aromatic heterocycles. The van der Waals surface area contributed by atoms with E-state index in [1.807, 2.05) is 19.9 Å². The summed E-state index contributed by atoms with van der Waals surface area (Å²) in [6.45, 7) is 5.56. The maximum Gasteiger partial charge on any atom is 0.225 e. The first-order valence-corrected chi connectivity index (χ1v) is 6.99. The molecule has 19 heavy (non-hydrogen) atoms. The second-order valence-corrected chi connectivity index (χ2v) is 5.67. The molecule has 1 amide bonds. The summed E-state index contributed by atoms with van der Waals surface area (Å²) in [6, 6.07) is 2.41. The molecule has 0 bridgehead atoms. The quantitative estimate of drug-likeness (QED) is 0.887. The van der Waals surface area contributed by atoms with Crippen LogP contribution in [-0.2, 0) is 4.79 Å². The Kier molecular flexibility index (Phi) is 3.12. The average molecular weight is 260 g/mol. The lowest BCUT2D eigenvalue weighted by atomic mass is 10.1. The summed E-state index contributed by atoms with van der Waals surface area (Å²) >= 11 is 0. The minimum atomic E-state index is 0.0880. The average Bonchev–Trinajstić information content (AvgIpc) is 3.02. The minimum absolute atomic E-state index is 0.0880. The Morgan fingerprint density at radius 1 is 1.26 bits per heavy atom. The van der Waals surface area contributed by atoms with Gasteiger partial charge in [0.1, 0.15) is 0 Å². The van der Waals surface area contributed by atoms with Crippen molar-refractivity contribution < 1.29 is 4.79 Å². The number of hydrogen-bond donors (Lipinski definition) is 1. The molecule has 5 nitrogen and oxygen atoms in total. The van der Waals surface area contributed by atoms with Crippen LogP contribution in [0.1, 0.15) is 30.7 Å². The van der Waals surface area contributed by atoms with Gasteiger partial charge in [0, 0.05) is 30.5 Å². The van der Waals surface area contributed by atoms with Crippen molar-refractivity contribution in [3.63, 3.8) is 0 Å². The van der Waals surface area contributed by atoms with Gasteiger partial charge in [-0.2, -0.15) is 0 Å². The number of amides is 1. The van der Waals surface area contributed by atoms with Crippen molar-refractivity contribution in [3.8, 4) is 0 Å². The molecule has 2 heterocycles. The van der Waals surface area contributed by atoms with Crippen molar-refractivity contribution >= 4 is 11.9 Å². The third-order valence-corrected chi connectivity index (χ3v) is 3.74. The summed E-state index contributed by atoms with van der Waals surface area (Å²) in [4.78, 5) is 23.1. The number of aryl methyl sites for hydroxylation is 2. The van der Waals surface area contributed by atoms with E-state index >= 15 is 0 Å². The van der Waals surface area contributed by atoms with E-state index in [-0.39, 0.29) is 11.8 Å². The predicted octanol–water partition coefficient (Wildman–Crippen LogP) is 1.20. The summed E-state index contributed by atoms with van der Waals surface area (Å²) in [7, 11) is 0. The number of aromatic nitrogens is 2. The number of hydrogen-bond acceptors (Lipinski definition) is 4. The largest absolute Gasteiger partial charge is 0.353 e. The maximum atomic E-state index is 12.0. The topological polar surface area (TPSA) is 58.1 Å². The standard InChI is InChI=1S/C14H20N4O/c1-9-7-10(2)16-14(15-9)18-6-5-11(8-18)13(19)17-12-3-4-12/h7,11-12H,3-6,8H2,1-2H3,(H,17,19). The van der Waals surface area contributed by atoms with E-state index in [0.717, 1.165) is 49.7 Å². The van der Waals surface area contributed by atoms with E-state index in [4.69, 9.17) is 0 Å². The monoisotopic (exact) mass is 260 g/mol. The van der Waals surface area contributed by atoms with Gasteiger partial charge in [0.15, 0.2) is 0 Å². The lowest BCUT2D eigenvalue weighted by Gasteiger charge is -2.17. The van der Waals surface area contributed by atoms with E-state index in [0.29, 0.717) is 6.04 Å². The summed E-state index contributed by atoms with van der Waals surface area (Å²) in [5, 5.41) is 3.08. The van der Waals surface area contributed by atoms with Crippen molar-refractivity contribution in [2.24, 2.45) is 5.92 Å². The molecule has 1 N–H and O–H groups in total. The van der Waals surface area contributed by atoms with Crippen molar-refractivity contribution in [2.75, 3.05) is 18.0 Å². The fourth-order valence-electron chi connectivity index (χ4n) is 2.55. The zero-order chi connectivity index (χ0) is 13.4. The predicted molar refractivity (Wildman–Crippen MR) is 73.0 cm³/mol. The molecule has 3 rings (SSSR count). The van der Waals surface area contributed by atoms with Crippen LogP contribution in [-0.4, -0.2) is 35.0 Å². The Hall–Kier alpha value is -1.65. The third kappa shape index (κ3) is 2.85. The smallest absolute Gasteiger partial charge is 0.225 e. The zero-order valence-corrected chi connectivity index (χ0v) is 11.5. The molecule has 1 aliphatic heterocycles. The highest BCUT2D eigenvalue weighted by molar-refractivity contribution is 5.80. The Labute approximate surface area is 113 Å². The molecule has 2 aliphatic rings. The van der Waals surface area contributed by atoms with E-state index in [2.05, 4.69) is 20.2 Å². The van der Waals surface area contributed by atoms with Crippen molar-refractivity contribution in [3.05, 3.63) is 17.5 Å².